The van der Waals surface area contributed by atoms with Crippen LogP contribution < -0.4 is 5.32 Å². The molecule has 1 rings (SSSR count). The summed E-state index contributed by atoms with van der Waals surface area (Å²) in [5.41, 5.74) is 0. The third-order valence-electron chi connectivity index (χ3n) is 1.90. The van der Waals surface area contributed by atoms with Crippen molar-refractivity contribution in [2.75, 3.05) is 19.8 Å². The number of rotatable bonds is 7. The minimum Gasteiger partial charge on any atom is -0.372 e. The Kier molecular flexibility index (Phi) is 5.49. The third-order valence-corrected chi connectivity index (χ3v) is 1.90. The van der Waals surface area contributed by atoms with Gasteiger partial charge in [0.1, 0.15) is 12.9 Å². The minimum absolute atomic E-state index is 0.0932. The van der Waals surface area contributed by atoms with Crippen LogP contribution in [0, 0.1) is 0 Å². The second-order valence-electron chi connectivity index (χ2n) is 3.49. The number of nitrogens with zero attached hydrogens (tertiary/aromatic N) is 3. The molecule has 0 saturated heterocycles. The molecule has 1 aromatic rings. The van der Waals surface area contributed by atoms with Crippen LogP contribution in [0.15, 0.2) is 6.33 Å². The molecule has 1 aromatic heterocycles. The average Bonchev–Trinajstić information content (AvgIpc) is 2.65. The predicted molar refractivity (Wildman–Crippen MR) is 58.8 cm³/mol. The van der Waals surface area contributed by atoms with E-state index in [4.69, 9.17) is 4.74 Å². The Morgan fingerprint density at radius 3 is 3.06 bits per heavy atom. The maximum absolute atomic E-state index is 11.2. The molecule has 1 N–H and O–H groups in total. The number of aromatic nitrogens is 3. The van der Waals surface area contributed by atoms with Gasteiger partial charge in [0.25, 0.3) is 0 Å². The van der Waals surface area contributed by atoms with E-state index in [0.29, 0.717) is 19.6 Å². The summed E-state index contributed by atoms with van der Waals surface area (Å²) in [5.74, 6) is 0.640. The fourth-order valence-corrected chi connectivity index (χ4v) is 1.17. The number of carbonyl (C=O) groups is 1. The Balaban J connectivity index is 2.08. The Morgan fingerprint density at radius 1 is 1.62 bits per heavy atom. The molecule has 6 heteroatoms. The molecular formula is C10H18N4O2. The molecule has 0 aliphatic heterocycles. The quantitative estimate of drug-likeness (QED) is 0.659. The number of carbonyl (C=O) groups excluding carboxylic acids is 1. The fraction of sp³-hybridized carbons (Fsp3) is 0.700. The first-order valence-corrected chi connectivity index (χ1v) is 5.41. The van der Waals surface area contributed by atoms with E-state index in [2.05, 4.69) is 15.4 Å². The number of aryl methyl sites for hydroxylation is 1. The van der Waals surface area contributed by atoms with Crippen molar-refractivity contribution in [3.63, 3.8) is 0 Å². The van der Waals surface area contributed by atoms with Crippen LogP contribution in [0.3, 0.4) is 0 Å². The van der Waals surface area contributed by atoms with Crippen molar-refractivity contribution in [2.45, 2.75) is 19.8 Å². The van der Waals surface area contributed by atoms with Gasteiger partial charge in [-0.25, -0.2) is 4.98 Å². The van der Waals surface area contributed by atoms with Gasteiger partial charge in [0, 0.05) is 26.6 Å². The van der Waals surface area contributed by atoms with Crippen molar-refractivity contribution in [1.29, 1.82) is 0 Å². The molecule has 0 spiro atoms. The molecule has 0 aliphatic rings. The van der Waals surface area contributed by atoms with Crippen LogP contribution in [0.25, 0.3) is 0 Å². The van der Waals surface area contributed by atoms with Crippen molar-refractivity contribution < 1.29 is 9.53 Å². The number of nitrogens with one attached hydrogen (secondary N) is 1. The van der Waals surface area contributed by atoms with Crippen LogP contribution in [0.4, 0.5) is 0 Å². The van der Waals surface area contributed by atoms with Gasteiger partial charge in [-0.3, -0.25) is 9.48 Å². The van der Waals surface area contributed by atoms with E-state index in [1.807, 2.05) is 14.0 Å². The molecule has 1 amide bonds. The molecule has 0 aliphatic carbocycles. The van der Waals surface area contributed by atoms with Gasteiger partial charge in [0.2, 0.25) is 5.91 Å². The molecule has 0 bridgehead atoms. The lowest BCUT2D eigenvalue weighted by Gasteiger charge is -2.03. The van der Waals surface area contributed by atoms with Gasteiger partial charge in [0.15, 0.2) is 5.82 Å². The van der Waals surface area contributed by atoms with Gasteiger partial charge in [0.05, 0.1) is 0 Å². The van der Waals surface area contributed by atoms with Crippen molar-refractivity contribution >= 4 is 5.91 Å². The average molecular weight is 226 g/mol. The van der Waals surface area contributed by atoms with E-state index >= 15 is 0 Å². The minimum atomic E-state index is -0.0932. The van der Waals surface area contributed by atoms with Crippen LogP contribution in [0.5, 0.6) is 0 Å². The number of hydrogen-bond donors (Lipinski definition) is 1. The smallest absolute Gasteiger partial charge is 0.246 e. The summed E-state index contributed by atoms with van der Waals surface area (Å²) >= 11 is 0. The highest BCUT2D eigenvalue weighted by atomic mass is 16.5. The molecule has 0 saturated carbocycles. The lowest BCUT2D eigenvalue weighted by Crippen LogP contribution is -2.29. The Hall–Kier alpha value is -1.43. The third kappa shape index (κ3) is 4.88. The van der Waals surface area contributed by atoms with Crippen molar-refractivity contribution in [3.05, 3.63) is 12.2 Å². The molecule has 0 radical (unpaired) electrons. The second-order valence-corrected chi connectivity index (χ2v) is 3.49. The summed E-state index contributed by atoms with van der Waals surface area (Å²) in [6, 6.07) is 0. The van der Waals surface area contributed by atoms with E-state index in [1.54, 1.807) is 11.0 Å². The van der Waals surface area contributed by atoms with Crippen LogP contribution in [-0.4, -0.2) is 40.4 Å². The SMILES string of the molecule is CCCOCC(=O)NCCc1ncn(C)n1. The first kappa shape index (κ1) is 12.6. The molecule has 1 heterocycles. The second kappa shape index (κ2) is 6.95. The van der Waals surface area contributed by atoms with Gasteiger partial charge in [-0.15, -0.1) is 0 Å². The summed E-state index contributed by atoms with van der Waals surface area (Å²) in [4.78, 5) is 15.3. The van der Waals surface area contributed by atoms with Gasteiger partial charge >= 0.3 is 0 Å². The highest BCUT2D eigenvalue weighted by molar-refractivity contribution is 5.77. The van der Waals surface area contributed by atoms with E-state index in [0.717, 1.165) is 12.2 Å². The molecule has 90 valence electrons. The molecule has 0 unspecified atom stereocenters. The summed E-state index contributed by atoms with van der Waals surface area (Å²) < 4.78 is 6.74. The van der Waals surface area contributed by atoms with Gasteiger partial charge in [-0.1, -0.05) is 6.92 Å². The zero-order valence-corrected chi connectivity index (χ0v) is 9.77. The van der Waals surface area contributed by atoms with Crippen LogP contribution in [0.1, 0.15) is 19.2 Å². The van der Waals surface area contributed by atoms with Crippen LogP contribution in [0.2, 0.25) is 0 Å². The first-order chi connectivity index (χ1) is 7.72. The normalized spacial score (nSPS) is 10.4. The van der Waals surface area contributed by atoms with Crippen molar-refractivity contribution in [3.8, 4) is 0 Å². The van der Waals surface area contributed by atoms with E-state index in [-0.39, 0.29) is 12.5 Å². The molecule has 16 heavy (non-hydrogen) atoms. The Bertz CT molecular complexity index is 324. The molecule has 0 fully saturated rings. The number of amides is 1. The molecular weight excluding hydrogens is 208 g/mol. The highest BCUT2D eigenvalue weighted by Crippen LogP contribution is 1.88. The van der Waals surface area contributed by atoms with Crippen molar-refractivity contribution in [2.24, 2.45) is 7.05 Å². The summed E-state index contributed by atoms with van der Waals surface area (Å²) in [7, 11) is 1.81. The lowest BCUT2D eigenvalue weighted by molar-refractivity contribution is -0.125. The molecule has 6 nitrogen and oxygen atoms in total. The van der Waals surface area contributed by atoms with Gasteiger partial charge in [-0.05, 0) is 6.42 Å². The number of ether oxygens (including phenoxy) is 1. The molecule has 0 atom stereocenters. The monoisotopic (exact) mass is 226 g/mol. The zero-order chi connectivity index (χ0) is 11.8. The highest BCUT2D eigenvalue weighted by Gasteiger charge is 2.02. The van der Waals surface area contributed by atoms with E-state index < -0.39 is 0 Å². The Labute approximate surface area is 95.0 Å². The maximum Gasteiger partial charge on any atom is 0.246 e. The van der Waals surface area contributed by atoms with E-state index in [1.165, 1.54) is 0 Å². The standard InChI is InChI=1S/C10H18N4O2/c1-3-6-16-7-10(15)11-5-4-9-12-8-14(2)13-9/h8H,3-7H2,1-2H3,(H,11,15). The van der Waals surface area contributed by atoms with Crippen molar-refractivity contribution in [1.82, 2.24) is 20.1 Å². The zero-order valence-electron chi connectivity index (χ0n) is 9.77. The van der Waals surface area contributed by atoms with E-state index in [9.17, 15) is 4.79 Å². The van der Waals surface area contributed by atoms with Gasteiger partial charge in [-0.2, -0.15) is 5.10 Å². The maximum atomic E-state index is 11.2. The topological polar surface area (TPSA) is 69.0 Å². The predicted octanol–water partition coefficient (Wildman–Crippen LogP) is -0.0996. The first-order valence-electron chi connectivity index (χ1n) is 5.41. The number of hydrogen-bond acceptors (Lipinski definition) is 4. The summed E-state index contributed by atoms with van der Waals surface area (Å²) in [6.07, 6.45) is 3.20. The summed E-state index contributed by atoms with van der Waals surface area (Å²) in [6.45, 7) is 3.29. The van der Waals surface area contributed by atoms with Crippen LogP contribution >= 0.6 is 0 Å². The Morgan fingerprint density at radius 2 is 2.44 bits per heavy atom. The summed E-state index contributed by atoms with van der Waals surface area (Å²) in [5, 5.41) is 6.85. The largest absolute Gasteiger partial charge is 0.372 e. The fourth-order valence-electron chi connectivity index (χ4n) is 1.17. The van der Waals surface area contributed by atoms with Crippen LogP contribution in [-0.2, 0) is 23.0 Å². The van der Waals surface area contributed by atoms with Gasteiger partial charge < -0.3 is 10.1 Å². The lowest BCUT2D eigenvalue weighted by atomic mass is 10.4. The molecule has 0 aromatic carbocycles.